The van der Waals surface area contributed by atoms with Crippen molar-refractivity contribution in [1.29, 1.82) is 0 Å². The molecule has 0 aliphatic heterocycles. The molecule has 3 heteroatoms. The summed E-state index contributed by atoms with van der Waals surface area (Å²) in [5, 5.41) is 0. The molecule has 2 rings (SSSR count). The third kappa shape index (κ3) is 2.45. The number of carbonyl (C=O) groups is 2. The summed E-state index contributed by atoms with van der Waals surface area (Å²) in [6.45, 7) is 1.88. The van der Waals surface area contributed by atoms with Crippen LogP contribution in [-0.4, -0.2) is 16.6 Å². The number of aromatic nitrogens is 1. The highest BCUT2D eigenvalue weighted by atomic mass is 16.2. The number of pyridine rings is 1. The van der Waals surface area contributed by atoms with Crippen LogP contribution in [0.5, 0.6) is 0 Å². The van der Waals surface area contributed by atoms with Crippen LogP contribution < -0.4 is 0 Å². The molecule has 17 heavy (non-hydrogen) atoms. The molecule has 0 spiro atoms. The van der Waals surface area contributed by atoms with Gasteiger partial charge in [0.1, 0.15) is 0 Å². The molecule has 2 aromatic rings. The highest BCUT2D eigenvalue weighted by molar-refractivity contribution is 6.49. The molecule has 1 aromatic heterocycles. The van der Waals surface area contributed by atoms with Gasteiger partial charge in [0.05, 0.1) is 0 Å². The van der Waals surface area contributed by atoms with Crippen LogP contribution in [0.15, 0.2) is 48.8 Å². The van der Waals surface area contributed by atoms with E-state index in [1.165, 1.54) is 6.20 Å². The monoisotopic (exact) mass is 225 g/mol. The third-order valence-corrected chi connectivity index (χ3v) is 2.41. The smallest absolute Gasteiger partial charge is 0.235 e. The standard InChI is InChI=1S/C14H11NO2/c1-10-4-2-5-11(8-10)13(16)14(17)12-6-3-7-15-9-12/h2-9H,1H3. The molecule has 0 saturated heterocycles. The molecule has 0 atom stereocenters. The Morgan fingerprint density at radius 2 is 1.71 bits per heavy atom. The van der Waals surface area contributed by atoms with Gasteiger partial charge >= 0.3 is 0 Å². The first-order valence-corrected chi connectivity index (χ1v) is 5.24. The van der Waals surface area contributed by atoms with Gasteiger partial charge < -0.3 is 0 Å². The average molecular weight is 225 g/mol. The van der Waals surface area contributed by atoms with Crippen molar-refractivity contribution in [2.24, 2.45) is 0 Å². The Kier molecular flexibility index (Phi) is 3.10. The molecule has 0 radical (unpaired) electrons. The number of hydrogen-bond acceptors (Lipinski definition) is 3. The molecular weight excluding hydrogens is 214 g/mol. The van der Waals surface area contributed by atoms with Gasteiger partial charge in [0.15, 0.2) is 0 Å². The number of ketones is 2. The highest BCUT2D eigenvalue weighted by Crippen LogP contribution is 2.09. The molecule has 1 aromatic carbocycles. The van der Waals surface area contributed by atoms with Crippen LogP contribution in [0.2, 0.25) is 0 Å². The van der Waals surface area contributed by atoms with Crippen molar-refractivity contribution in [3.63, 3.8) is 0 Å². The zero-order chi connectivity index (χ0) is 12.3. The van der Waals surface area contributed by atoms with Crippen LogP contribution >= 0.6 is 0 Å². The fourth-order valence-electron chi connectivity index (χ4n) is 1.55. The van der Waals surface area contributed by atoms with Gasteiger partial charge in [-0.3, -0.25) is 14.6 Å². The van der Waals surface area contributed by atoms with Gasteiger partial charge in [-0.25, -0.2) is 0 Å². The van der Waals surface area contributed by atoms with Gasteiger partial charge in [0, 0.05) is 23.5 Å². The van der Waals surface area contributed by atoms with Crippen molar-refractivity contribution in [3.05, 3.63) is 65.5 Å². The van der Waals surface area contributed by atoms with Crippen LogP contribution in [0.3, 0.4) is 0 Å². The zero-order valence-electron chi connectivity index (χ0n) is 9.38. The minimum atomic E-state index is -0.524. The molecule has 0 amide bonds. The van der Waals surface area contributed by atoms with Crippen molar-refractivity contribution in [2.75, 3.05) is 0 Å². The number of rotatable bonds is 3. The first kappa shape index (κ1) is 11.2. The molecule has 1 heterocycles. The summed E-state index contributed by atoms with van der Waals surface area (Å²) in [6.07, 6.45) is 2.96. The molecule has 0 N–H and O–H groups in total. The van der Waals surface area contributed by atoms with Gasteiger partial charge in [-0.15, -0.1) is 0 Å². The first-order valence-electron chi connectivity index (χ1n) is 5.24. The Balaban J connectivity index is 2.30. The minimum Gasteiger partial charge on any atom is -0.285 e. The first-order chi connectivity index (χ1) is 8.18. The predicted molar refractivity (Wildman–Crippen MR) is 64.1 cm³/mol. The minimum absolute atomic E-state index is 0.319. The topological polar surface area (TPSA) is 47.0 Å². The molecule has 0 saturated carbocycles. The molecule has 0 aliphatic rings. The number of benzene rings is 1. The number of nitrogens with zero attached hydrogens (tertiary/aromatic N) is 1. The second-order valence-electron chi connectivity index (χ2n) is 3.77. The van der Waals surface area contributed by atoms with Crippen molar-refractivity contribution in [1.82, 2.24) is 4.98 Å². The van der Waals surface area contributed by atoms with Crippen molar-refractivity contribution in [2.45, 2.75) is 6.92 Å². The highest BCUT2D eigenvalue weighted by Gasteiger charge is 2.17. The molecule has 0 fully saturated rings. The summed E-state index contributed by atoms with van der Waals surface area (Å²) in [6, 6.07) is 10.2. The van der Waals surface area contributed by atoms with Gasteiger partial charge in [-0.05, 0) is 25.1 Å². The third-order valence-electron chi connectivity index (χ3n) is 2.41. The number of Topliss-reactive ketones (excluding diaryl/α,β-unsaturated/α-hetero) is 2. The van der Waals surface area contributed by atoms with E-state index in [0.717, 1.165) is 5.56 Å². The Labute approximate surface area is 99.1 Å². The Morgan fingerprint density at radius 3 is 2.35 bits per heavy atom. The van der Waals surface area contributed by atoms with Gasteiger partial charge in [0.2, 0.25) is 11.6 Å². The lowest BCUT2D eigenvalue weighted by Crippen LogP contribution is -2.14. The van der Waals surface area contributed by atoms with E-state index in [4.69, 9.17) is 0 Å². The Bertz CT molecular complexity index is 561. The molecule has 0 bridgehead atoms. The predicted octanol–water partition coefficient (Wildman–Crippen LogP) is 2.46. The summed E-state index contributed by atoms with van der Waals surface area (Å²) in [7, 11) is 0. The summed E-state index contributed by atoms with van der Waals surface area (Å²) >= 11 is 0. The van der Waals surface area contributed by atoms with Crippen LogP contribution in [-0.2, 0) is 0 Å². The SMILES string of the molecule is Cc1cccc(C(=O)C(=O)c2cccnc2)c1. The second-order valence-corrected chi connectivity index (χ2v) is 3.77. The maximum absolute atomic E-state index is 11.9. The van der Waals surface area contributed by atoms with Crippen molar-refractivity contribution >= 4 is 11.6 Å². The molecule has 0 unspecified atom stereocenters. The lowest BCUT2D eigenvalue weighted by atomic mass is 10.0. The quantitative estimate of drug-likeness (QED) is 0.595. The van der Waals surface area contributed by atoms with Gasteiger partial charge in [-0.1, -0.05) is 23.8 Å². The van der Waals surface area contributed by atoms with E-state index >= 15 is 0 Å². The van der Waals surface area contributed by atoms with E-state index in [9.17, 15) is 9.59 Å². The fourth-order valence-corrected chi connectivity index (χ4v) is 1.55. The fraction of sp³-hybridized carbons (Fsp3) is 0.0714. The van der Waals surface area contributed by atoms with E-state index in [1.54, 1.807) is 36.5 Å². The number of carbonyl (C=O) groups excluding carboxylic acids is 2. The van der Waals surface area contributed by atoms with E-state index in [0.29, 0.717) is 11.1 Å². The molecule has 3 nitrogen and oxygen atoms in total. The summed E-state index contributed by atoms with van der Waals surface area (Å²) in [4.78, 5) is 27.6. The van der Waals surface area contributed by atoms with E-state index in [2.05, 4.69) is 4.98 Å². The second kappa shape index (κ2) is 4.70. The van der Waals surface area contributed by atoms with Crippen molar-refractivity contribution in [3.8, 4) is 0 Å². The zero-order valence-corrected chi connectivity index (χ0v) is 9.38. The van der Waals surface area contributed by atoms with Crippen molar-refractivity contribution < 1.29 is 9.59 Å². The maximum Gasteiger partial charge on any atom is 0.235 e. The summed E-state index contributed by atoms with van der Waals surface area (Å²) in [5.74, 6) is -1.02. The lowest BCUT2D eigenvalue weighted by Gasteiger charge is -2.01. The summed E-state index contributed by atoms with van der Waals surface area (Å²) < 4.78 is 0. The Hall–Kier alpha value is -2.29. The summed E-state index contributed by atoms with van der Waals surface area (Å²) in [5.41, 5.74) is 1.69. The average Bonchev–Trinajstić information content (AvgIpc) is 2.38. The van der Waals surface area contributed by atoms with Crippen LogP contribution in [0, 0.1) is 6.92 Å². The molecule has 0 aliphatic carbocycles. The number of hydrogen-bond donors (Lipinski definition) is 0. The largest absolute Gasteiger partial charge is 0.285 e. The van der Waals surface area contributed by atoms with Gasteiger partial charge in [-0.2, -0.15) is 0 Å². The lowest BCUT2D eigenvalue weighted by molar-refractivity contribution is 0.0816. The molecular formula is C14H11NO2. The van der Waals surface area contributed by atoms with Crippen LogP contribution in [0.1, 0.15) is 26.3 Å². The van der Waals surface area contributed by atoms with E-state index < -0.39 is 11.6 Å². The Morgan fingerprint density at radius 1 is 1.00 bits per heavy atom. The van der Waals surface area contributed by atoms with E-state index in [1.807, 2.05) is 13.0 Å². The normalized spacial score (nSPS) is 9.94. The van der Waals surface area contributed by atoms with Crippen LogP contribution in [0.4, 0.5) is 0 Å². The van der Waals surface area contributed by atoms with Crippen LogP contribution in [0.25, 0.3) is 0 Å². The van der Waals surface area contributed by atoms with E-state index in [-0.39, 0.29) is 0 Å². The molecule has 84 valence electrons. The van der Waals surface area contributed by atoms with Gasteiger partial charge in [0.25, 0.3) is 0 Å². The maximum atomic E-state index is 11.9. The number of aryl methyl sites for hydroxylation is 1.